The van der Waals surface area contributed by atoms with Gasteiger partial charge in [-0.1, -0.05) is 260 Å². The summed E-state index contributed by atoms with van der Waals surface area (Å²) in [4.78, 5) is 0. The zero-order valence-electron chi connectivity index (χ0n) is 67.5. The Balaban J connectivity index is -0.00000110. The summed E-state index contributed by atoms with van der Waals surface area (Å²) >= 11 is 0.115. The van der Waals surface area contributed by atoms with E-state index in [1.807, 2.05) is 80.5 Å². The second kappa shape index (κ2) is 58.2. The monoisotopic (exact) mass is 1950 g/mol. The molecule has 0 N–H and O–H groups in total. The number of methoxy groups -OCH3 is 3. The van der Waals surface area contributed by atoms with Crippen LogP contribution < -0.4 is 84.8 Å². The predicted octanol–water partition coefficient (Wildman–Crippen LogP) is 14.3. The van der Waals surface area contributed by atoms with Gasteiger partial charge in [-0.25, -0.2) is 22.0 Å². The SMILES string of the molecule is COC(C)(C)C.COC(C)(C)C.COC(C)(C)C.C[Si](C)(C)C.C[Si](C)(C)C.C[Si](C)(C)C.Cc1c(F)c(F)c(F)c(F)c1F.Cc1ccccc1.F.c1ccc([I+]c2ccccc2)cc1.c1ccc([I+]c2ccccc2)cc1.c1ccc([I+]c2ccccc2)cc1.c1ccc([I+]c2ccccc2)cc1. The first-order valence-electron chi connectivity index (χ1n) is 34.5. The minimum atomic E-state index is -2.13. The lowest BCUT2D eigenvalue weighted by Gasteiger charge is -2.14. The molecule has 105 heavy (non-hydrogen) atoms. The fourth-order valence-electron chi connectivity index (χ4n) is 5.57. The fraction of sp³-hybridized carbons (Fsp3) is 0.326. The first-order valence-corrected chi connectivity index (χ1v) is 55.1. The van der Waals surface area contributed by atoms with E-state index in [0.717, 1.165) is 6.92 Å². The molecular weight excluding hydrogens is 1820 g/mol. The van der Waals surface area contributed by atoms with Crippen LogP contribution in [0.1, 0.15) is 73.4 Å². The van der Waals surface area contributed by atoms with Crippen molar-refractivity contribution in [1.29, 1.82) is 0 Å². The van der Waals surface area contributed by atoms with E-state index in [2.05, 4.69) is 340 Å². The average Bonchev–Trinajstić information content (AvgIpc) is 0.809. The number of hydrogen-bond donors (Lipinski definition) is 0. The van der Waals surface area contributed by atoms with Crippen LogP contribution in [0.2, 0.25) is 78.6 Å². The molecule has 0 saturated carbocycles. The van der Waals surface area contributed by atoms with Gasteiger partial charge in [0.2, 0.25) is 5.82 Å². The maximum absolute atomic E-state index is 12.4. The van der Waals surface area contributed by atoms with E-state index >= 15 is 0 Å². The molecule has 10 rings (SSSR count). The molecule has 0 spiro atoms. The van der Waals surface area contributed by atoms with Gasteiger partial charge in [0.15, 0.2) is 51.8 Å². The number of benzene rings is 10. The number of hydrogen-bond acceptors (Lipinski definition) is 3. The standard InChI is InChI=1S/4C12H10I.C7H3F5.C7H8.3C5H12O.3C4H12Si.FH/c4*1-3-7-11(8-4-1)13-12-9-5-2-6-10-12;1-2-3(8)5(10)7(12)6(11)4(2)9;1-7-5-3-2-4-6-7;3*1-5(2,3)6-4;3*1-5(2,3)4;/h4*1-10H;1H3;2-6H,1H3;3*1-4H3;3*1-4H3;1H/q4*+1;;;;;;;;;. The summed E-state index contributed by atoms with van der Waals surface area (Å²) in [5.41, 5.74) is 0.578. The highest BCUT2D eigenvalue weighted by molar-refractivity contribution is 6.75. The maximum atomic E-state index is 12.4. The van der Waals surface area contributed by atoms with Crippen molar-refractivity contribution in [3.05, 3.63) is 342 Å². The molecule has 0 radical (unpaired) electrons. The summed E-state index contributed by atoms with van der Waals surface area (Å²) < 4.78 is 88.2. The molecule has 576 valence electrons. The molecule has 0 bridgehead atoms. The number of aryl methyl sites for hydroxylation is 1. The topological polar surface area (TPSA) is 27.7 Å². The van der Waals surface area contributed by atoms with Crippen LogP contribution in [0.25, 0.3) is 0 Å². The molecule has 0 amide bonds. The van der Waals surface area contributed by atoms with Crippen molar-refractivity contribution in [3.63, 3.8) is 0 Å². The molecule has 0 saturated heterocycles. The molecule has 0 aliphatic heterocycles. The molecule has 3 nitrogen and oxygen atoms in total. The Hall–Kier alpha value is -4.77. The summed E-state index contributed by atoms with van der Waals surface area (Å²) in [6.07, 6.45) is 0. The third-order valence-electron chi connectivity index (χ3n) is 10.9. The molecule has 0 aliphatic rings. The molecule has 0 aliphatic carbocycles. The molecular formula is C89H124F6I4O3Si3+4. The molecule has 0 atom stereocenters. The van der Waals surface area contributed by atoms with Crippen molar-refractivity contribution in [2.75, 3.05) is 21.3 Å². The van der Waals surface area contributed by atoms with Crippen molar-refractivity contribution < 1.29 is 126 Å². The molecule has 16 heteroatoms. The molecule has 10 aromatic carbocycles. The summed E-state index contributed by atoms with van der Waals surface area (Å²) in [7, 11) is 3.29. The minimum absolute atomic E-state index is 0. The van der Waals surface area contributed by atoms with Gasteiger partial charge in [-0.05, 0) is 173 Å². The van der Waals surface area contributed by atoms with Crippen LogP contribution in [0.15, 0.2) is 273 Å². The van der Waals surface area contributed by atoms with Gasteiger partial charge in [-0.3, -0.25) is 4.70 Å². The number of ether oxygens (including phenoxy) is 3. The van der Waals surface area contributed by atoms with Gasteiger partial charge in [0.25, 0.3) is 0 Å². The highest BCUT2D eigenvalue weighted by Crippen LogP contribution is 2.21. The summed E-state index contributed by atoms with van der Waals surface area (Å²) in [6.45, 7) is 49.0. The van der Waals surface area contributed by atoms with Gasteiger partial charge in [0, 0.05) is 51.1 Å². The fourth-order valence-corrected chi connectivity index (χ4v) is 14.6. The van der Waals surface area contributed by atoms with Crippen molar-refractivity contribution in [2.45, 2.75) is 172 Å². The van der Waals surface area contributed by atoms with Gasteiger partial charge < -0.3 is 14.2 Å². The van der Waals surface area contributed by atoms with Crippen molar-refractivity contribution >= 4 is 24.2 Å². The van der Waals surface area contributed by atoms with Crippen molar-refractivity contribution in [3.8, 4) is 0 Å². The molecule has 0 heterocycles. The van der Waals surface area contributed by atoms with Crippen LogP contribution in [-0.4, -0.2) is 62.4 Å². The first kappa shape index (κ1) is 104. The van der Waals surface area contributed by atoms with Gasteiger partial charge in [-0.2, -0.15) is 0 Å². The van der Waals surface area contributed by atoms with E-state index in [-0.39, 0.29) is 106 Å². The predicted molar refractivity (Wildman–Crippen MR) is 434 cm³/mol. The Morgan fingerprint density at radius 1 is 0.229 bits per heavy atom. The van der Waals surface area contributed by atoms with Gasteiger partial charge in [0.1, 0.15) is 0 Å². The Morgan fingerprint density at radius 3 is 0.429 bits per heavy atom. The van der Waals surface area contributed by atoms with Gasteiger partial charge >= 0.3 is 84.8 Å². The zero-order chi connectivity index (χ0) is 79.4. The Bertz CT molecular complexity index is 3010. The zero-order valence-corrected chi connectivity index (χ0v) is 79.1. The van der Waals surface area contributed by atoms with Crippen LogP contribution >= 0.6 is 0 Å². The van der Waals surface area contributed by atoms with E-state index in [9.17, 15) is 22.0 Å². The highest BCUT2D eigenvalue weighted by Gasteiger charge is 2.23. The van der Waals surface area contributed by atoms with Crippen LogP contribution in [0.3, 0.4) is 0 Å². The van der Waals surface area contributed by atoms with E-state index < -0.39 is 58.9 Å². The minimum Gasteiger partial charge on any atom is -0.379 e. The summed E-state index contributed by atoms with van der Waals surface area (Å²) in [5, 5.41) is 0. The van der Waals surface area contributed by atoms with Crippen LogP contribution in [-0.2, 0) is 14.2 Å². The molecule has 10 aromatic rings. The number of rotatable bonds is 8. The summed E-state index contributed by atoms with van der Waals surface area (Å²) in [5.74, 6) is -9.52. The summed E-state index contributed by atoms with van der Waals surface area (Å²) in [6, 6.07) is 95.9. The van der Waals surface area contributed by atoms with Crippen LogP contribution in [0, 0.1) is 71.5 Å². The lowest BCUT2D eigenvalue weighted by molar-refractivity contribution is -0.597. The largest absolute Gasteiger partial charge is 0.379 e. The van der Waals surface area contributed by atoms with Crippen molar-refractivity contribution in [2.24, 2.45) is 0 Å². The second-order valence-corrected chi connectivity index (χ2v) is 60.7. The molecule has 0 unspecified atom stereocenters. The third kappa shape index (κ3) is 69.4. The van der Waals surface area contributed by atoms with Gasteiger partial charge in [-0.15, -0.1) is 0 Å². The van der Waals surface area contributed by atoms with Crippen molar-refractivity contribution in [1.82, 2.24) is 0 Å². The van der Waals surface area contributed by atoms with Gasteiger partial charge in [0.05, 0.1) is 16.8 Å². The Morgan fingerprint density at radius 2 is 0.333 bits per heavy atom. The quantitative estimate of drug-likeness (QED) is 0.0499. The van der Waals surface area contributed by atoms with E-state index in [0.29, 0.717) is 0 Å². The molecule has 0 aromatic heterocycles. The van der Waals surface area contributed by atoms with Crippen LogP contribution in [0.5, 0.6) is 0 Å². The third-order valence-corrected chi connectivity index (χ3v) is 21.7. The lowest BCUT2D eigenvalue weighted by Crippen LogP contribution is -3.61. The average molecular weight is 1950 g/mol. The Kier molecular flexibility index (Phi) is 57.9. The Labute approximate surface area is 677 Å². The number of halogens is 10. The van der Waals surface area contributed by atoms with Crippen LogP contribution in [0.4, 0.5) is 26.7 Å². The van der Waals surface area contributed by atoms with E-state index in [4.69, 9.17) is 14.2 Å². The maximum Gasteiger partial charge on any atom is 0.357 e. The first-order chi connectivity index (χ1) is 48.3. The smallest absolute Gasteiger partial charge is 0.357 e. The second-order valence-electron chi connectivity index (χ2n) is 30.5. The lowest BCUT2D eigenvalue weighted by atomic mass is 10.2. The van der Waals surface area contributed by atoms with E-state index in [1.165, 1.54) is 34.1 Å². The molecule has 0 fully saturated rings. The van der Waals surface area contributed by atoms with E-state index in [1.54, 1.807) is 21.3 Å². The highest BCUT2D eigenvalue weighted by atomic mass is 127. The normalized spacial score (nSPS) is 10.4.